The smallest absolute Gasteiger partial charge is 0.237 e. The first kappa shape index (κ1) is 11.9. The molecule has 16 heavy (non-hydrogen) atoms. The largest absolute Gasteiger partial charge is 0.352 e. The number of piperidine rings is 1. The van der Waals surface area contributed by atoms with Gasteiger partial charge in [0, 0.05) is 6.04 Å². The Morgan fingerprint density at radius 1 is 1.12 bits per heavy atom. The zero-order chi connectivity index (χ0) is 11.4. The predicted molar refractivity (Wildman–Crippen MR) is 65.2 cm³/mol. The molecule has 0 bridgehead atoms. The van der Waals surface area contributed by atoms with E-state index in [0.29, 0.717) is 12.0 Å². The lowest BCUT2D eigenvalue weighted by Gasteiger charge is -2.32. The third-order valence-corrected chi connectivity index (χ3v) is 4.07. The molecule has 1 aliphatic carbocycles. The Kier molecular flexibility index (Phi) is 4.22. The third kappa shape index (κ3) is 2.97. The highest BCUT2D eigenvalue weighted by atomic mass is 16.2. The van der Waals surface area contributed by atoms with Crippen LogP contribution < -0.4 is 10.6 Å². The molecule has 1 saturated carbocycles. The lowest BCUT2D eigenvalue weighted by molar-refractivity contribution is -0.125. The molecule has 1 heterocycles. The van der Waals surface area contributed by atoms with E-state index in [4.69, 9.17) is 0 Å². The van der Waals surface area contributed by atoms with Crippen LogP contribution >= 0.6 is 0 Å². The van der Waals surface area contributed by atoms with Crippen molar-refractivity contribution in [1.29, 1.82) is 0 Å². The number of rotatable bonds is 2. The van der Waals surface area contributed by atoms with Gasteiger partial charge in [-0.25, -0.2) is 0 Å². The van der Waals surface area contributed by atoms with E-state index < -0.39 is 0 Å². The fraction of sp³-hybridized carbons (Fsp3) is 0.923. The number of hydrogen-bond acceptors (Lipinski definition) is 2. The Morgan fingerprint density at radius 3 is 2.56 bits per heavy atom. The lowest BCUT2D eigenvalue weighted by Crippen LogP contribution is -2.51. The molecule has 0 aromatic carbocycles. The Labute approximate surface area is 98.4 Å². The molecule has 2 rings (SSSR count). The van der Waals surface area contributed by atoms with Gasteiger partial charge >= 0.3 is 0 Å². The van der Waals surface area contributed by atoms with E-state index in [1.54, 1.807) is 0 Å². The van der Waals surface area contributed by atoms with E-state index in [-0.39, 0.29) is 11.9 Å². The van der Waals surface area contributed by atoms with E-state index in [9.17, 15) is 4.79 Å². The molecule has 2 fully saturated rings. The summed E-state index contributed by atoms with van der Waals surface area (Å²) >= 11 is 0. The maximum atomic E-state index is 12.0. The minimum absolute atomic E-state index is 0.0721. The zero-order valence-electron chi connectivity index (χ0n) is 10.3. The fourth-order valence-corrected chi connectivity index (χ4v) is 2.89. The molecule has 3 atom stereocenters. The molecular weight excluding hydrogens is 200 g/mol. The van der Waals surface area contributed by atoms with Gasteiger partial charge in [0.2, 0.25) is 5.91 Å². The number of amides is 1. The minimum atomic E-state index is 0.0721. The van der Waals surface area contributed by atoms with Crippen LogP contribution in [0.25, 0.3) is 0 Å². The van der Waals surface area contributed by atoms with Crippen molar-refractivity contribution < 1.29 is 4.79 Å². The van der Waals surface area contributed by atoms with Gasteiger partial charge in [0.25, 0.3) is 0 Å². The van der Waals surface area contributed by atoms with Crippen molar-refractivity contribution in [2.45, 2.75) is 64.0 Å². The second kappa shape index (κ2) is 5.67. The molecule has 2 N–H and O–H groups in total. The SMILES string of the molecule is CC1CCCCC1NC(=O)[C@H]1CCCCN1. The normalized spacial score (nSPS) is 35.7. The van der Waals surface area contributed by atoms with Gasteiger partial charge in [-0.2, -0.15) is 0 Å². The van der Waals surface area contributed by atoms with Crippen LogP contribution in [-0.2, 0) is 4.79 Å². The van der Waals surface area contributed by atoms with E-state index in [1.807, 2.05) is 0 Å². The van der Waals surface area contributed by atoms with E-state index in [1.165, 1.54) is 38.5 Å². The van der Waals surface area contributed by atoms with Crippen molar-refractivity contribution in [3.63, 3.8) is 0 Å². The van der Waals surface area contributed by atoms with Gasteiger partial charge in [-0.05, 0) is 38.1 Å². The molecule has 3 heteroatoms. The summed E-state index contributed by atoms with van der Waals surface area (Å²) in [6.45, 7) is 3.26. The second-order valence-corrected chi connectivity index (χ2v) is 5.38. The number of carbonyl (C=O) groups excluding carboxylic acids is 1. The van der Waals surface area contributed by atoms with E-state index >= 15 is 0 Å². The van der Waals surface area contributed by atoms with Crippen LogP contribution in [-0.4, -0.2) is 24.5 Å². The zero-order valence-corrected chi connectivity index (χ0v) is 10.3. The number of hydrogen-bond donors (Lipinski definition) is 2. The predicted octanol–water partition coefficient (Wildman–Crippen LogP) is 1.82. The van der Waals surface area contributed by atoms with Crippen LogP contribution in [0.4, 0.5) is 0 Å². The highest BCUT2D eigenvalue weighted by molar-refractivity contribution is 5.82. The average Bonchev–Trinajstić information content (AvgIpc) is 2.33. The van der Waals surface area contributed by atoms with Crippen LogP contribution in [0.5, 0.6) is 0 Å². The van der Waals surface area contributed by atoms with Gasteiger partial charge in [0.15, 0.2) is 0 Å². The molecule has 1 aliphatic heterocycles. The van der Waals surface area contributed by atoms with Crippen LogP contribution in [0.15, 0.2) is 0 Å². The molecule has 1 saturated heterocycles. The Morgan fingerprint density at radius 2 is 1.88 bits per heavy atom. The quantitative estimate of drug-likeness (QED) is 0.751. The summed E-state index contributed by atoms with van der Waals surface area (Å²) in [5.74, 6) is 0.889. The third-order valence-electron chi connectivity index (χ3n) is 4.07. The van der Waals surface area contributed by atoms with Gasteiger partial charge in [0.05, 0.1) is 6.04 Å². The molecule has 92 valence electrons. The van der Waals surface area contributed by atoms with Crippen LogP contribution in [0.1, 0.15) is 51.9 Å². The van der Waals surface area contributed by atoms with Gasteiger partial charge < -0.3 is 10.6 Å². The van der Waals surface area contributed by atoms with E-state index in [0.717, 1.165) is 13.0 Å². The molecule has 0 radical (unpaired) electrons. The van der Waals surface area contributed by atoms with Crippen LogP contribution in [0.3, 0.4) is 0 Å². The number of nitrogens with one attached hydrogen (secondary N) is 2. The maximum Gasteiger partial charge on any atom is 0.237 e. The first-order valence-electron chi connectivity index (χ1n) is 6.81. The van der Waals surface area contributed by atoms with E-state index in [2.05, 4.69) is 17.6 Å². The fourth-order valence-electron chi connectivity index (χ4n) is 2.89. The van der Waals surface area contributed by atoms with Gasteiger partial charge in [0.1, 0.15) is 0 Å². The molecule has 0 spiro atoms. The Bertz CT molecular complexity index is 236. The second-order valence-electron chi connectivity index (χ2n) is 5.38. The summed E-state index contributed by atoms with van der Waals surface area (Å²) < 4.78 is 0. The number of carbonyl (C=O) groups is 1. The van der Waals surface area contributed by atoms with Crippen LogP contribution in [0, 0.1) is 5.92 Å². The standard InChI is InChI=1S/C13H24N2O/c1-10-6-2-3-7-11(10)15-13(16)12-8-4-5-9-14-12/h10-12,14H,2-9H2,1H3,(H,15,16)/t10?,11?,12-/m1/s1. The lowest BCUT2D eigenvalue weighted by atomic mass is 9.85. The highest BCUT2D eigenvalue weighted by Crippen LogP contribution is 2.23. The van der Waals surface area contributed by atoms with Crippen molar-refractivity contribution in [2.24, 2.45) is 5.92 Å². The molecule has 1 amide bonds. The molecule has 2 unspecified atom stereocenters. The topological polar surface area (TPSA) is 41.1 Å². The van der Waals surface area contributed by atoms with Crippen molar-refractivity contribution in [1.82, 2.24) is 10.6 Å². The molecule has 3 nitrogen and oxygen atoms in total. The summed E-state index contributed by atoms with van der Waals surface area (Å²) in [6.07, 6.45) is 8.44. The Balaban J connectivity index is 1.80. The van der Waals surface area contributed by atoms with Crippen molar-refractivity contribution >= 4 is 5.91 Å². The molecule has 0 aromatic rings. The molecular formula is C13H24N2O. The summed E-state index contributed by atoms with van der Waals surface area (Å²) in [4.78, 5) is 12.0. The van der Waals surface area contributed by atoms with Crippen molar-refractivity contribution in [3.8, 4) is 0 Å². The van der Waals surface area contributed by atoms with Crippen molar-refractivity contribution in [3.05, 3.63) is 0 Å². The highest BCUT2D eigenvalue weighted by Gasteiger charge is 2.26. The molecule has 2 aliphatic rings. The summed E-state index contributed by atoms with van der Waals surface area (Å²) in [5.41, 5.74) is 0. The molecule has 0 aromatic heterocycles. The monoisotopic (exact) mass is 224 g/mol. The summed E-state index contributed by atoms with van der Waals surface area (Å²) in [7, 11) is 0. The van der Waals surface area contributed by atoms with Gasteiger partial charge in [-0.1, -0.05) is 26.2 Å². The van der Waals surface area contributed by atoms with Gasteiger partial charge in [-0.15, -0.1) is 0 Å². The minimum Gasteiger partial charge on any atom is -0.352 e. The Hall–Kier alpha value is -0.570. The first-order valence-corrected chi connectivity index (χ1v) is 6.81. The van der Waals surface area contributed by atoms with Crippen LogP contribution in [0.2, 0.25) is 0 Å². The maximum absolute atomic E-state index is 12.0. The van der Waals surface area contributed by atoms with Gasteiger partial charge in [-0.3, -0.25) is 4.79 Å². The summed E-state index contributed by atoms with van der Waals surface area (Å²) in [5, 5.41) is 6.55. The summed E-state index contributed by atoms with van der Waals surface area (Å²) in [6, 6.07) is 0.493. The first-order chi connectivity index (χ1) is 7.77. The van der Waals surface area contributed by atoms with Crippen molar-refractivity contribution in [2.75, 3.05) is 6.54 Å². The average molecular weight is 224 g/mol.